The molecule has 0 saturated carbocycles. The van der Waals surface area contributed by atoms with Crippen LogP contribution in [0.25, 0.3) is 0 Å². The summed E-state index contributed by atoms with van der Waals surface area (Å²) >= 11 is 12.6. The van der Waals surface area contributed by atoms with Crippen LogP contribution in [0.15, 0.2) is 42.5 Å². The highest BCUT2D eigenvalue weighted by Gasteiger charge is 2.42. The van der Waals surface area contributed by atoms with E-state index in [1.54, 1.807) is 13.0 Å². The van der Waals surface area contributed by atoms with Gasteiger partial charge in [0.25, 0.3) is 5.91 Å². The van der Waals surface area contributed by atoms with Gasteiger partial charge in [0.05, 0.1) is 34.0 Å². The molecule has 3 rings (SSSR count). The van der Waals surface area contributed by atoms with Gasteiger partial charge in [-0.2, -0.15) is 0 Å². The summed E-state index contributed by atoms with van der Waals surface area (Å²) in [6.45, 7) is 1.84. The van der Waals surface area contributed by atoms with Gasteiger partial charge in [-0.05, 0) is 43.9 Å². The topological polar surface area (TPSA) is 86.8 Å². The second-order valence-corrected chi connectivity index (χ2v) is 10.3. The molecule has 2 atom stereocenters. The van der Waals surface area contributed by atoms with Crippen LogP contribution in [0.5, 0.6) is 0 Å². The van der Waals surface area contributed by atoms with E-state index in [1.807, 2.05) is 37.2 Å². The second-order valence-electron chi connectivity index (χ2n) is 7.66. The molecule has 0 aliphatic carbocycles. The summed E-state index contributed by atoms with van der Waals surface area (Å²) in [4.78, 5) is 26.9. The predicted octanol–water partition coefficient (Wildman–Crippen LogP) is 3.34. The van der Waals surface area contributed by atoms with Crippen LogP contribution in [0.2, 0.25) is 10.0 Å². The number of nitrogens with zero attached hydrogens (tertiary/aromatic N) is 2. The normalized spacial score (nSPS) is 19.0. The number of benzene rings is 2. The first kappa shape index (κ1) is 23.5. The average Bonchev–Trinajstić information content (AvgIpc) is 2.89. The zero-order valence-corrected chi connectivity index (χ0v) is 19.6. The Morgan fingerprint density at radius 3 is 2.42 bits per heavy atom. The maximum Gasteiger partial charge on any atom is 0.252 e. The van der Waals surface area contributed by atoms with Crippen LogP contribution in [-0.2, 0) is 14.8 Å². The number of carbonyl (C=O) groups excluding carboxylic acids is 2. The lowest BCUT2D eigenvalue weighted by Gasteiger charge is -2.26. The number of hydrogen-bond acceptors (Lipinski definition) is 5. The van der Waals surface area contributed by atoms with E-state index in [9.17, 15) is 18.0 Å². The van der Waals surface area contributed by atoms with Crippen molar-refractivity contribution in [3.8, 4) is 0 Å². The van der Waals surface area contributed by atoms with Crippen molar-refractivity contribution in [3.05, 3.63) is 63.6 Å². The highest BCUT2D eigenvalue weighted by Crippen LogP contribution is 2.31. The third-order valence-corrected chi connectivity index (χ3v) is 7.66. The van der Waals surface area contributed by atoms with Gasteiger partial charge in [-0.1, -0.05) is 48.3 Å². The van der Waals surface area contributed by atoms with Gasteiger partial charge < -0.3 is 10.2 Å². The van der Waals surface area contributed by atoms with Crippen molar-refractivity contribution in [2.75, 3.05) is 30.7 Å². The highest BCUT2D eigenvalue weighted by atomic mass is 35.5. The summed E-state index contributed by atoms with van der Waals surface area (Å²) in [5.74, 6) is -1.81. The lowest BCUT2D eigenvalue weighted by molar-refractivity contribution is -0.119. The molecule has 0 bridgehead atoms. The third kappa shape index (κ3) is 4.87. The molecule has 1 heterocycles. The van der Waals surface area contributed by atoms with E-state index in [-0.39, 0.29) is 34.6 Å². The Morgan fingerprint density at radius 1 is 1.19 bits per heavy atom. The molecule has 2 aromatic carbocycles. The molecule has 1 aliphatic heterocycles. The number of carbonyl (C=O) groups is 2. The molecular weight excluding hydrogens is 461 g/mol. The van der Waals surface area contributed by atoms with E-state index in [1.165, 1.54) is 18.2 Å². The van der Waals surface area contributed by atoms with Crippen LogP contribution < -0.4 is 9.62 Å². The second kappa shape index (κ2) is 9.16. The van der Waals surface area contributed by atoms with Gasteiger partial charge in [-0.15, -0.1) is 0 Å². The van der Waals surface area contributed by atoms with Crippen molar-refractivity contribution in [2.45, 2.75) is 13.0 Å². The lowest BCUT2D eigenvalue weighted by atomic mass is 10.1. The monoisotopic (exact) mass is 483 g/mol. The maximum atomic E-state index is 12.7. The summed E-state index contributed by atoms with van der Waals surface area (Å²) < 4.78 is 25.3. The molecule has 1 aliphatic rings. The number of anilines is 1. The standard InChI is InChI=1S/C21H23Cl2N3O4S/c1-13-12-31(29,30)26(21(13)28)14-8-9-16(18(23)10-14)20(27)24-11-19(25(2)3)15-6-4-5-7-17(15)22/h4-10,13,19H,11-12H2,1-3H3,(H,24,27). The van der Waals surface area contributed by atoms with E-state index in [2.05, 4.69) is 5.32 Å². The van der Waals surface area contributed by atoms with E-state index < -0.39 is 27.8 Å². The van der Waals surface area contributed by atoms with Crippen LogP contribution in [0, 0.1) is 5.92 Å². The summed E-state index contributed by atoms with van der Waals surface area (Å²) in [5, 5.41) is 3.50. The molecule has 31 heavy (non-hydrogen) atoms. The van der Waals surface area contributed by atoms with Crippen molar-refractivity contribution < 1.29 is 18.0 Å². The van der Waals surface area contributed by atoms with Crippen LogP contribution in [0.1, 0.15) is 28.9 Å². The summed E-state index contributed by atoms with van der Waals surface area (Å²) in [6.07, 6.45) is 0. The van der Waals surface area contributed by atoms with Crippen molar-refractivity contribution in [1.82, 2.24) is 10.2 Å². The quantitative estimate of drug-likeness (QED) is 0.680. The Hall–Kier alpha value is -2.13. The molecular formula is C21H23Cl2N3O4S. The molecule has 1 fully saturated rings. The Labute approximate surface area is 192 Å². The minimum absolute atomic E-state index is 0.0525. The fourth-order valence-corrected chi connectivity index (χ4v) is 5.84. The molecule has 10 heteroatoms. The van der Waals surface area contributed by atoms with Gasteiger partial charge in [-0.3, -0.25) is 9.59 Å². The van der Waals surface area contributed by atoms with E-state index >= 15 is 0 Å². The van der Waals surface area contributed by atoms with Gasteiger partial charge >= 0.3 is 0 Å². The molecule has 7 nitrogen and oxygen atoms in total. The minimum atomic E-state index is -3.75. The van der Waals surface area contributed by atoms with E-state index in [4.69, 9.17) is 23.2 Å². The van der Waals surface area contributed by atoms with Crippen molar-refractivity contribution in [3.63, 3.8) is 0 Å². The molecule has 2 amide bonds. The van der Waals surface area contributed by atoms with Crippen LogP contribution in [0.4, 0.5) is 5.69 Å². The molecule has 0 aromatic heterocycles. The number of rotatable bonds is 6. The fraction of sp³-hybridized carbons (Fsp3) is 0.333. The molecule has 2 aromatic rings. The molecule has 2 unspecified atom stereocenters. The highest BCUT2D eigenvalue weighted by molar-refractivity contribution is 7.94. The number of nitrogens with one attached hydrogen (secondary N) is 1. The van der Waals surface area contributed by atoms with Gasteiger partial charge in [0, 0.05) is 11.6 Å². The fourth-order valence-electron chi connectivity index (χ4n) is 3.50. The molecule has 166 valence electrons. The molecule has 0 radical (unpaired) electrons. The summed E-state index contributed by atoms with van der Waals surface area (Å²) in [7, 11) is 0.0232. The Balaban J connectivity index is 1.78. The Morgan fingerprint density at radius 2 is 1.87 bits per heavy atom. The summed E-state index contributed by atoms with van der Waals surface area (Å²) in [6, 6.07) is 11.4. The van der Waals surface area contributed by atoms with Crippen molar-refractivity contribution >= 4 is 50.7 Å². The number of hydrogen-bond donors (Lipinski definition) is 1. The Kier molecular flexibility index (Phi) is 6.95. The first-order chi connectivity index (χ1) is 14.5. The van der Waals surface area contributed by atoms with Crippen LogP contribution in [-0.4, -0.2) is 51.5 Å². The van der Waals surface area contributed by atoms with Crippen molar-refractivity contribution in [1.29, 1.82) is 0 Å². The minimum Gasteiger partial charge on any atom is -0.350 e. The SMILES string of the molecule is CC1CS(=O)(=O)N(c2ccc(C(=O)NCC(c3ccccc3Cl)N(C)C)c(Cl)c2)C1=O. The smallest absolute Gasteiger partial charge is 0.252 e. The molecule has 1 N–H and O–H groups in total. The molecule has 0 spiro atoms. The van der Waals surface area contributed by atoms with Gasteiger partial charge in [0.1, 0.15) is 0 Å². The first-order valence-electron chi connectivity index (χ1n) is 9.58. The number of likely N-dealkylation sites (N-methyl/N-ethyl adjacent to an activating group) is 1. The first-order valence-corrected chi connectivity index (χ1v) is 11.9. The summed E-state index contributed by atoms with van der Waals surface area (Å²) in [5.41, 5.74) is 1.18. The van der Waals surface area contributed by atoms with E-state index in [0.717, 1.165) is 9.87 Å². The van der Waals surface area contributed by atoms with E-state index in [0.29, 0.717) is 5.02 Å². The van der Waals surface area contributed by atoms with Crippen molar-refractivity contribution in [2.24, 2.45) is 5.92 Å². The lowest BCUT2D eigenvalue weighted by Crippen LogP contribution is -2.35. The van der Waals surface area contributed by atoms with Crippen LogP contribution in [0.3, 0.4) is 0 Å². The zero-order valence-electron chi connectivity index (χ0n) is 17.3. The van der Waals surface area contributed by atoms with Gasteiger partial charge in [-0.25, -0.2) is 12.7 Å². The van der Waals surface area contributed by atoms with Gasteiger partial charge in [0.2, 0.25) is 15.9 Å². The zero-order chi connectivity index (χ0) is 22.9. The Bertz CT molecular complexity index is 1120. The molecule has 1 saturated heterocycles. The van der Waals surface area contributed by atoms with Gasteiger partial charge in [0.15, 0.2) is 0 Å². The largest absolute Gasteiger partial charge is 0.350 e. The third-order valence-electron chi connectivity index (χ3n) is 5.14. The predicted molar refractivity (Wildman–Crippen MR) is 122 cm³/mol. The average molecular weight is 484 g/mol. The van der Waals surface area contributed by atoms with Crippen LogP contribution >= 0.6 is 23.2 Å². The number of sulfonamides is 1. The maximum absolute atomic E-state index is 12.7. The number of amides is 2. The number of halogens is 2.